The first-order chi connectivity index (χ1) is 24.8. The van der Waals surface area contributed by atoms with Crippen LogP contribution in [0.25, 0.3) is 0 Å². The summed E-state index contributed by atoms with van der Waals surface area (Å²) < 4.78 is 0. The van der Waals surface area contributed by atoms with E-state index in [1.165, 1.54) is 42.4 Å². The monoisotopic (exact) mass is 1620 g/mol. The first-order valence-electron chi connectivity index (χ1n) is 17.1. The molecule has 0 spiro atoms. The van der Waals surface area contributed by atoms with Crippen molar-refractivity contribution in [1.82, 2.24) is 0 Å². The maximum Gasteiger partial charge on any atom is 0.144 e. The van der Waals surface area contributed by atoms with Crippen LogP contribution in [-0.4, -0.2) is 137 Å². The predicted molar refractivity (Wildman–Crippen MR) is 268 cm³/mol. The third-order valence-corrected chi connectivity index (χ3v) is 17.7. The van der Waals surface area contributed by atoms with Gasteiger partial charge >= 0.3 is 0 Å². The SMILES string of the molecule is [Mo].[Mo].[Pd].[Se-2].[Se-2].[Se-2].[Se-2].[Se-2].[Se-2].[Se-2].[Se-2].c1ccc([P+](c2ccccc2)(c2ccccc2)c2ccccc2)cc1.c1ccc([P+](c2ccccc2)(c2ccccc2)c2ccccc2)cc1. The molecule has 8 aromatic rings. The number of rotatable bonds is 8. The Kier molecular flexibility index (Phi) is 42.8. The zero-order valence-electron chi connectivity index (χ0n) is 32.4. The van der Waals surface area contributed by atoms with Crippen molar-refractivity contribution in [1.29, 1.82) is 0 Å². The largest absolute Gasteiger partial charge is 2.00 e. The van der Waals surface area contributed by atoms with Crippen LogP contribution in [0.1, 0.15) is 0 Å². The summed E-state index contributed by atoms with van der Waals surface area (Å²) in [5, 5.41) is 11.1. The van der Waals surface area contributed by atoms with Crippen LogP contribution in [-0.2, 0) is 62.6 Å². The van der Waals surface area contributed by atoms with Crippen LogP contribution in [0.3, 0.4) is 0 Å². The second-order valence-corrected chi connectivity index (χ2v) is 18.8. The molecule has 0 aromatic heterocycles. The fraction of sp³-hybridized carbons (Fsp3) is 0. The first-order valence-corrected chi connectivity index (χ1v) is 20.7. The molecule has 8 rings (SSSR count). The third-order valence-electron chi connectivity index (χ3n) is 9.15. The van der Waals surface area contributed by atoms with Gasteiger partial charge in [-0.25, -0.2) is 0 Å². The van der Waals surface area contributed by atoms with Crippen LogP contribution in [0.4, 0.5) is 0 Å². The van der Waals surface area contributed by atoms with E-state index in [9.17, 15) is 0 Å². The summed E-state index contributed by atoms with van der Waals surface area (Å²) in [5.41, 5.74) is 0. The van der Waals surface area contributed by atoms with Crippen LogP contribution in [0, 0.1) is 0 Å². The molecule has 0 bridgehead atoms. The van der Waals surface area contributed by atoms with Crippen molar-refractivity contribution in [3.63, 3.8) is 0 Å². The second kappa shape index (κ2) is 36.9. The van der Waals surface area contributed by atoms with Crippen molar-refractivity contribution in [2.24, 2.45) is 0 Å². The maximum absolute atomic E-state index is 2.28. The Bertz CT molecular complexity index is 1720. The summed E-state index contributed by atoms with van der Waals surface area (Å²) in [4.78, 5) is 0. The molecule has 0 aliphatic heterocycles. The zero-order valence-corrected chi connectivity index (χ0v) is 53.4. The molecule has 0 saturated carbocycles. The Morgan fingerprint density at radius 1 is 0.164 bits per heavy atom. The van der Waals surface area contributed by atoms with E-state index in [1.807, 2.05) is 0 Å². The molecule has 13 heteroatoms. The molecule has 0 unspecified atom stereocenters. The standard InChI is InChI=1S/2C24H20P.2Mo.Pd.8Se/c2*1-5-13-21(14-6-1)25(22-15-7-2-8-16-22,23-17-9-3-10-18-23)24-19-11-4-12-20-24;;;;;;;;;;;/h2*1-20H;;;;;;;;;;;/q2*+1;;;;8*-2. The Morgan fingerprint density at radius 2 is 0.246 bits per heavy atom. The number of hydrogen-bond donors (Lipinski definition) is 0. The molecule has 0 radical (unpaired) electrons. The van der Waals surface area contributed by atoms with Crippen molar-refractivity contribution in [2.75, 3.05) is 0 Å². The quantitative estimate of drug-likeness (QED) is 0.138. The molecule has 0 amide bonds. The van der Waals surface area contributed by atoms with Crippen LogP contribution in [0.15, 0.2) is 243 Å². The van der Waals surface area contributed by atoms with Gasteiger partial charge in [0.25, 0.3) is 0 Å². The first kappa shape index (κ1) is 70.8. The Hall–Kier alpha value is 0.815. The second-order valence-electron chi connectivity index (χ2n) is 12.0. The van der Waals surface area contributed by atoms with Gasteiger partial charge in [0.05, 0.1) is 0 Å². The predicted octanol–water partition coefficient (Wildman–Crippen LogP) is 5.56. The molecule has 0 atom stereocenters. The average molecular weight is 1610 g/mol. The molecule has 8 aromatic carbocycles. The summed E-state index contributed by atoms with van der Waals surface area (Å²) in [7, 11) is -3.81. The van der Waals surface area contributed by atoms with Gasteiger partial charge in [-0.1, -0.05) is 146 Å². The van der Waals surface area contributed by atoms with Gasteiger partial charge in [-0.15, -0.1) is 0 Å². The van der Waals surface area contributed by atoms with Gasteiger partial charge in [0.1, 0.15) is 57.0 Å². The molecule has 0 fully saturated rings. The van der Waals surface area contributed by atoms with Gasteiger partial charge in [-0.2, -0.15) is 0 Å². The van der Waals surface area contributed by atoms with Gasteiger partial charge < -0.3 is 137 Å². The van der Waals surface area contributed by atoms with Crippen molar-refractivity contribution < 1.29 is 62.6 Å². The fourth-order valence-corrected chi connectivity index (χ4v) is 15.5. The van der Waals surface area contributed by atoms with Crippen molar-refractivity contribution >= 4 is 194 Å². The topological polar surface area (TPSA) is 0 Å². The Balaban J connectivity index is -0.000000290. The normalized spacial score (nSPS) is 9.18. The minimum atomic E-state index is -1.91. The average Bonchev–Trinajstić information content (AvgIpc) is 3.22. The number of hydrogen-bond acceptors (Lipinski definition) is 0. The van der Waals surface area contributed by atoms with E-state index in [1.54, 1.807) is 0 Å². The van der Waals surface area contributed by atoms with Crippen LogP contribution >= 0.6 is 14.5 Å². The van der Waals surface area contributed by atoms with Gasteiger partial charge in [0.15, 0.2) is 0 Å². The van der Waals surface area contributed by atoms with Gasteiger partial charge in [0.2, 0.25) is 0 Å². The third kappa shape index (κ3) is 16.5. The van der Waals surface area contributed by atoms with Gasteiger partial charge in [-0.3, -0.25) is 0 Å². The van der Waals surface area contributed by atoms with E-state index >= 15 is 0 Å². The van der Waals surface area contributed by atoms with Crippen LogP contribution in [0.2, 0.25) is 0 Å². The summed E-state index contributed by atoms with van der Waals surface area (Å²) in [6, 6.07) is 87.7. The minimum Gasteiger partial charge on any atom is -2.00 e. The summed E-state index contributed by atoms with van der Waals surface area (Å²) in [5.74, 6) is 0. The van der Waals surface area contributed by atoms with Crippen LogP contribution < -0.4 is 42.4 Å². The summed E-state index contributed by atoms with van der Waals surface area (Å²) in [6.45, 7) is 0. The summed E-state index contributed by atoms with van der Waals surface area (Å²) >= 11 is 0. The van der Waals surface area contributed by atoms with E-state index in [4.69, 9.17) is 0 Å². The molecule has 326 valence electrons. The molecular weight excluding hydrogens is 1570 g/mol. The molecule has 0 N–H and O–H groups in total. The minimum absolute atomic E-state index is 0. The van der Waals surface area contributed by atoms with E-state index in [-0.39, 0.29) is 199 Å². The molecule has 0 heterocycles. The van der Waals surface area contributed by atoms with E-state index in [2.05, 4.69) is 243 Å². The van der Waals surface area contributed by atoms with Crippen molar-refractivity contribution in [3.8, 4) is 0 Å². The van der Waals surface area contributed by atoms with Crippen LogP contribution in [0.5, 0.6) is 0 Å². The molecule has 0 nitrogen and oxygen atoms in total. The van der Waals surface area contributed by atoms with E-state index in [0.29, 0.717) is 0 Å². The maximum atomic E-state index is 2.28. The smallest absolute Gasteiger partial charge is 0.144 e. The molecule has 0 aliphatic carbocycles. The van der Waals surface area contributed by atoms with Gasteiger partial charge in [-0.05, 0) is 97.1 Å². The van der Waals surface area contributed by atoms with Crippen molar-refractivity contribution in [3.05, 3.63) is 243 Å². The number of benzene rings is 8. The fourth-order valence-electron chi connectivity index (χ4n) is 7.00. The Labute approximate surface area is 491 Å². The molecular formula is C48H40Mo2P2PdSe8-14. The van der Waals surface area contributed by atoms with Crippen molar-refractivity contribution in [2.45, 2.75) is 0 Å². The van der Waals surface area contributed by atoms with E-state index in [0.717, 1.165) is 0 Å². The summed E-state index contributed by atoms with van der Waals surface area (Å²) in [6.07, 6.45) is 0. The Morgan fingerprint density at radius 3 is 0.328 bits per heavy atom. The molecule has 61 heavy (non-hydrogen) atoms. The zero-order chi connectivity index (χ0) is 33.9. The molecule has 0 aliphatic rings. The molecule has 0 saturated heterocycles. The van der Waals surface area contributed by atoms with Gasteiger partial charge in [0, 0.05) is 62.6 Å². The van der Waals surface area contributed by atoms with E-state index < -0.39 is 14.5 Å².